The molecule has 9 nitrogen and oxygen atoms in total. The van der Waals surface area contributed by atoms with E-state index in [1.165, 1.54) is 18.1 Å². The van der Waals surface area contributed by atoms with E-state index < -0.39 is 0 Å². The predicted molar refractivity (Wildman–Crippen MR) is 106 cm³/mol. The number of hydrogen-bond donors (Lipinski definition) is 1. The van der Waals surface area contributed by atoms with Crippen molar-refractivity contribution in [1.29, 1.82) is 0 Å². The Morgan fingerprint density at radius 1 is 1.14 bits per heavy atom. The molecular weight excluding hydrogens is 378 g/mol. The topological polar surface area (TPSA) is 122 Å². The number of ether oxygens (including phenoxy) is 1. The Kier molecular flexibility index (Phi) is 5.29. The molecular formula is C18H17N7O2S. The standard InChI is InChI=1S/C18H17N7O2S/c19-17-16-18(22-10-21-17)25(11-23-16)6-3-7-27-15(26)9-28-14-8-20-12-4-1-2-5-13(12)24-14/h1-2,4-5,8,10-11H,3,6-7,9H2,(H2,19,21,22). The molecule has 3 heterocycles. The number of hydrogen-bond acceptors (Lipinski definition) is 9. The van der Waals surface area contributed by atoms with Gasteiger partial charge in [-0.2, -0.15) is 0 Å². The van der Waals surface area contributed by atoms with Crippen LogP contribution in [0.3, 0.4) is 0 Å². The highest BCUT2D eigenvalue weighted by molar-refractivity contribution is 7.99. The maximum absolute atomic E-state index is 12.0. The Morgan fingerprint density at radius 2 is 2.00 bits per heavy atom. The molecule has 4 rings (SSSR count). The summed E-state index contributed by atoms with van der Waals surface area (Å²) in [5.41, 5.74) is 8.65. The van der Waals surface area contributed by atoms with Crippen LogP contribution in [0.15, 0.2) is 48.1 Å². The minimum atomic E-state index is -0.290. The van der Waals surface area contributed by atoms with E-state index in [0.717, 1.165) is 11.0 Å². The Balaban J connectivity index is 1.23. The second-order valence-corrected chi connectivity index (χ2v) is 6.92. The number of thioether (sulfide) groups is 1. The van der Waals surface area contributed by atoms with Crippen LogP contribution in [0, 0.1) is 0 Å². The van der Waals surface area contributed by atoms with Crippen molar-refractivity contribution in [2.24, 2.45) is 0 Å². The first-order valence-electron chi connectivity index (χ1n) is 8.62. The molecule has 0 saturated carbocycles. The summed E-state index contributed by atoms with van der Waals surface area (Å²) < 4.78 is 7.15. The SMILES string of the molecule is Nc1ncnc2c1ncn2CCCOC(=O)CSc1cnc2ccccc2n1. The first-order chi connectivity index (χ1) is 13.7. The predicted octanol–water partition coefficient (Wildman–Crippen LogP) is 2.08. The number of benzene rings is 1. The van der Waals surface area contributed by atoms with E-state index in [9.17, 15) is 4.79 Å². The highest BCUT2D eigenvalue weighted by Crippen LogP contribution is 2.18. The average Bonchev–Trinajstić information content (AvgIpc) is 3.14. The zero-order valence-corrected chi connectivity index (χ0v) is 15.7. The van der Waals surface area contributed by atoms with Crippen LogP contribution in [-0.4, -0.2) is 47.8 Å². The summed E-state index contributed by atoms with van der Waals surface area (Å²) in [5, 5.41) is 0.692. The number of fused-ring (bicyclic) bond motifs is 2. The normalized spacial score (nSPS) is 11.1. The molecule has 0 bridgehead atoms. The minimum Gasteiger partial charge on any atom is -0.465 e. The summed E-state index contributed by atoms with van der Waals surface area (Å²) in [6.07, 6.45) is 5.37. The Labute approximate surface area is 164 Å². The lowest BCUT2D eigenvalue weighted by atomic mass is 10.3. The molecule has 3 aromatic heterocycles. The molecule has 0 aliphatic rings. The van der Waals surface area contributed by atoms with Crippen LogP contribution in [-0.2, 0) is 16.1 Å². The van der Waals surface area contributed by atoms with Crippen molar-refractivity contribution in [3.8, 4) is 0 Å². The lowest BCUT2D eigenvalue weighted by Gasteiger charge is -2.06. The third-order valence-electron chi connectivity index (χ3n) is 4.00. The maximum atomic E-state index is 12.0. The first-order valence-corrected chi connectivity index (χ1v) is 9.61. The van der Waals surface area contributed by atoms with E-state index in [4.69, 9.17) is 10.5 Å². The molecule has 0 aliphatic carbocycles. The molecule has 4 aromatic rings. The summed E-state index contributed by atoms with van der Waals surface area (Å²) in [5.74, 6) is 0.246. The van der Waals surface area contributed by atoms with Gasteiger partial charge in [-0.05, 0) is 18.6 Å². The minimum absolute atomic E-state index is 0.185. The average molecular weight is 395 g/mol. The summed E-state index contributed by atoms with van der Waals surface area (Å²) in [6, 6.07) is 7.61. The summed E-state index contributed by atoms with van der Waals surface area (Å²) in [7, 11) is 0. The molecule has 1 aromatic carbocycles. The fourth-order valence-corrected chi connectivity index (χ4v) is 3.31. The smallest absolute Gasteiger partial charge is 0.316 e. The number of carbonyl (C=O) groups is 1. The van der Waals surface area contributed by atoms with Gasteiger partial charge in [0.2, 0.25) is 0 Å². The maximum Gasteiger partial charge on any atom is 0.316 e. The molecule has 142 valence electrons. The third-order valence-corrected chi connectivity index (χ3v) is 4.87. The van der Waals surface area contributed by atoms with Crippen molar-refractivity contribution in [3.05, 3.63) is 43.1 Å². The van der Waals surface area contributed by atoms with Crippen molar-refractivity contribution in [3.63, 3.8) is 0 Å². The summed E-state index contributed by atoms with van der Waals surface area (Å²) >= 11 is 1.31. The monoisotopic (exact) mass is 395 g/mol. The molecule has 0 atom stereocenters. The van der Waals surface area contributed by atoms with E-state index in [1.807, 2.05) is 28.8 Å². The van der Waals surface area contributed by atoms with Gasteiger partial charge in [-0.1, -0.05) is 23.9 Å². The lowest BCUT2D eigenvalue weighted by molar-refractivity contribution is -0.140. The van der Waals surface area contributed by atoms with Crippen molar-refractivity contribution in [2.75, 3.05) is 18.1 Å². The zero-order chi connectivity index (χ0) is 19.3. The fraction of sp³-hybridized carbons (Fsp3) is 0.222. The van der Waals surface area contributed by atoms with Crippen LogP contribution < -0.4 is 5.73 Å². The number of nitrogens with two attached hydrogens (primary N) is 1. The summed E-state index contributed by atoms with van der Waals surface area (Å²) in [4.78, 5) is 33.1. The Morgan fingerprint density at radius 3 is 2.89 bits per heavy atom. The number of anilines is 1. The fourth-order valence-electron chi connectivity index (χ4n) is 2.67. The summed E-state index contributed by atoms with van der Waals surface area (Å²) in [6.45, 7) is 0.923. The number of aromatic nitrogens is 6. The van der Waals surface area contributed by atoms with Gasteiger partial charge in [-0.3, -0.25) is 9.78 Å². The number of nitrogen functional groups attached to an aromatic ring is 1. The van der Waals surface area contributed by atoms with E-state index in [1.54, 1.807) is 12.5 Å². The van der Waals surface area contributed by atoms with Gasteiger partial charge in [0, 0.05) is 6.54 Å². The molecule has 0 fully saturated rings. The van der Waals surface area contributed by atoms with E-state index >= 15 is 0 Å². The second-order valence-electron chi connectivity index (χ2n) is 5.93. The van der Waals surface area contributed by atoms with Crippen LogP contribution in [0.5, 0.6) is 0 Å². The second kappa shape index (κ2) is 8.17. The van der Waals surface area contributed by atoms with Crippen LogP contribution in [0.25, 0.3) is 22.2 Å². The number of imidazole rings is 1. The van der Waals surface area contributed by atoms with E-state index in [2.05, 4.69) is 24.9 Å². The van der Waals surface area contributed by atoms with Gasteiger partial charge in [-0.15, -0.1) is 0 Å². The molecule has 0 unspecified atom stereocenters. The number of rotatable bonds is 7. The van der Waals surface area contributed by atoms with Gasteiger partial charge in [0.05, 0.1) is 35.9 Å². The third kappa shape index (κ3) is 4.01. The van der Waals surface area contributed by atoms with Crippen LogP contribution in [0.4, 0.5) is 5.82 Å². The molecule has 2 N–H and O–H groups in total. The van der Waals surface area contributed by atoms with Crippen molar-refractivity contribution in [2.45, 2.75) is 18.0 Å². The molecule has 28 heavy (non-hydrogen) atoms. The van der Waals surface area contributed by atoms with E-state index in [-0.39, 0.29) is 11.7 Å². The van der Waals surface area contributed by atoms with Gasteiger partial charge >= 0.3 is 5.97 Å². The quantitative estimate of drug-likeness (QED) is 0.285. The van der Waals surface area contributed by atoms with Gasteiger partial charge < -0.3 is 15.0 Å². The van der Waals surface area contributed by atoms with Crippen molar-refractivity contribution in [1.82, 2.24) is 29.5 Å². The Hall–Kier alpha value is -3.27. The number of esters is 1. The van der Waals surface area contributed by atoms with Crippen LogP contribution in [0.1, 0.15) is 6.42 Å². The molecule has 0 amide bonds. The van der Waals surface area contributed by atoms with Crippen LogP contribution >= 0.6 is 11.8 Å². The molecule has 0 saturated heterocycles. The van der Waals surface area contributed by atoms with Gasteiger partial charge in [0.25, 0.3) is 0 Å². The number of para-hydroxylation sites is 2. The van der Waals surface area contributed by atoms with Crippen molar-refractivity contribution < 1.29 is 9.53 Å². The highest BCUT2D eigenvalue weighted by Gasteiger charge is 2.09. The number of aryl methyl sites for hydroxylation is 1. The van der Waals surface area contributed by atoms with Gasteiger partial charge in [0.1, 0.15) is 16.9 Å². The molecule has 0 aliphatic heterocycles. The molecule has 0 radical (unpaired) electrons. The van der Waals surface area contributed by atoms with Crippen molar-refractivity contribution >= 4 is 45.7 Å². The number of carbonyl (C=O) groups excluding carboxylic acids is 1. The number of nitrogens with zero attached hydrogens (tertiary/aromatic N) is 6. The first kappa shape index (κ1) is 18.1. The Bertz CT molecular complexity index is 1130. The van der Waals surface area contributed by atoms with Crippen LogP contribution in [0.2, 0.25) is 0 Å². The van der Waals surface area contributed by atoms with Gasteiger partial charge in [-0.25, -0.2) is 19.9 Å². The zero-order valence-electron chi connectivity index (χ0n) is 14.9. The largest absolute Gasteiger partial charge is 0.465 e. The lowest BCUT2D eigenvalue weighted by Crippen LogP contribution is -2.10. The van der Waals surface area contributed by atoms with E-state index in [0.29, 0.717) is 41.6 Å². The highest BCUT2D eigenvalue weighted by atomic mass is 32.2. The molecule has 10 heteroatoms. The van der Waals surface area contributed by atoms with Gasteiger partial charge in [0.15, 0.2) is 11.5 Å². The molecule has 0 spiro atoms.